The molecule has 1 aromatic carbocycles. The molecule has 0 bridgehead atoms. The number of likely N-dealkylation sites (tertiary alicyclic amines) is 1. The Balaban J connectivity index is 2.08. The van der Waals surface area contributed by atoms with E-state index < -0.39 is 18.1 Å². The van der Waals surface area contributed by atoms with E-state index in [0.29, 0.717) is 18.7 Å². The molecule has 1 heterocycles. The number of benzene rings is 1. The topological polar surface area (TPSA) is 66.8 Å². The van der Waals surface area contributed by atoms with Gasteiger partial charge in [0.2, 0.25) is 0 Å². The second-order valence-electron chi connectivity index (χ2n) is 7.07. The molecule has 126 valence electrons. The Kier molecular flexibility index (Phi) is 4.97. The van der Waals surface area contributed by atoms with E-state index in [1.54, 1.807) is 6.92 Å². The van der Waals surface area contributed by atoms with Gasteiger partial charge in [0.15, 0.2) is 6.10 Å². The van der Waals surface area contributed by atoms with Crippen molar-refractivity contribution in [2.24, 2.45) is 0 Å². The lowest BCUT2D eigenvalue weighted by molar-refractivity contribution is -0.150. The Labute approximate surface area is 137 Å². The molecule has 1 fully saturated rings. The zero-order valence-electron chi connectivity index (χ0n) is 14.2. The smallest absolute Gasteiger partial charge is 0.326 e. The third-order valence-electron chi connectivity index (χ3n) is 4.18. The number of carbonyl (C=O) groups excluding carboxylic acids is 1. The minimum Gasteiger partial charge on any atom is -0.481 e. The number of nitrogens with zero attached hydrogens (tertiary/aromatic N) is 1. The number of hydrogen-bond acceptors (Lipinski definition) is 3. The Morgan fingerprint density at radius 1 is 1.35 bits per heavy atom. The van der Waals surface area contributed by atoms with Crippen LogP contribution in [-0.4, -0.2) is 40.6 Å². The summed E-state index contributed by atoms with van der Waals surface area (Å²) in [6, 6.07) is 6.96. The Morgan fingerprint density at radius 3 is 2.65 bits per heavy atom. The van der Waals surface area contributed by atoms with Crippen molar-refractivity contribution in [3.05, 3.63) is 29.8 Å². The zero-order valence-corrected chi connectivity index (χ0v) is 14.2. The first-order valence-electron chi connectivity index (χ1n) is 8.00. The molecule has 0 saturated carbocycles. The van der Waals surface area contributed by atoms with Crippen molar-refractivity contribution >= 4 is 11.9 Å². The first kappa shape index (κ1) is 17.3. The summed E-state index contributed by atoms with van der Waals surface area (Å²) in [4.78, 5) is 25.1. The molecular weight excluding hydrogens is 294 g/mol. The second-order valence-corrected chi connectivity index (χ2v) is 7.07. The summed E-state index contributed by atoms with van der Waals surface area (Å²) in [5, 5.41) is 9.20. The maximum atomic E-state index is 12.5. The zero-order chi connectivity index (χ0) is 17.2. The maximum absolute atomic E-state index is 12.5. The van der Waals surface area contributed by atoms with Crippen LogP contribution in [-0.2, 0) is 15.0 Å². The van der Waals surface area contributed by atoms with Crippen LogP contribution in [0.1, 0.15) is 46.1 Å². The van der Waals surface area contributed by atoms with Crippen LogP contribution >= 0.6 is 0 Å². The van der Waals surface area contributed by atoms with Gasteiger partial charge in [-0.25, -0.2) is 4.79 Å². The van der Waals surface area contributed by atoms with Crippen LogP contribution in [0.4, 0.5) is 0 Å². The van der Waals surface area contributed by atoms with Gasteiger partial charge in [0.25, 0.3) is 5.91 Å². The standard InChI is InChI=1S/C18H25NO4/c1-12(16(20)19-10-6-9-15(19)17(21)22)23-14-8-5-7-13(11-14)18(2,3)4/h5,7-8,11-12,15H,6,9-10H2,1-4H3,(H,21,22). The number of amides is 1. The van der Waals surface area contributed by atoms with Crippen LogP contribution in [0, 0.1) is 0 Å². The highest BCUT2D eigenvalue weighted by Gasteiger charge is 2.36. The number of hydrogen-bond donors (Lipinski definition) is 1. The van der Waals surface area contributed by atoms with E-state index in [4.69, 9.17) is 4.74 Å². The van der Waals surface area contributed by atoms with E-state index in [9.17, 15) is 14.7 Å². The van der Waals surface area contributed by atoms with Crippen LogP contribution < -0.4 is 4.74 Å². The number of ether oxygens (including phenoxy) is 1. The fourth-order valence-electron chi connectivity index (χ4n) is 2.81. The van der Waals surface area contributed by atoms with Crippen LogP contribution in [0.5, 0.6) is 5.75 Å². The maximum Gasteiger partial charge on any atom is 0.326 e. The average Bonchev–Trinajstić information content (AvgIpc) is 2.95. The largest absolute Gasteiger partial charge is 0.481 e. The molecule has 0 aromatic heterocycles. The number of rotatable bonds is 4. The molecule has 1 aliphatic rings. The lowest BCUT2D eigenvalue weighted by Gasteiger charge is -2.26. The lowest BCUT2D eigenvalue weighted by Crippen LogP contribution is -2.46. The van der Waals surface area contributed by atoms with E-state index >= 15 is 0 Å². The highest BCUT2D eigenvalue weighted by molar-refractivity contribution is 5.87. The monoisotopic (exact) mass is 319 g/mol. The molecule has 2 atom stereocenters. The van der Waals surface area contributed by atoms with Gasteiger partial charge in [0.05, 0.1) is 0 Å². The highest BCUT2D eigenvalue weighted by atomic mass is 16.5. The van der Waals surface area contributed by atoms with Gasteiger partial charge in [-0.2, -0.15) is 0 Å². The van der Waals surface area contributed by atoms with E-state index in [0.717, 1.165) is 12.0 Å². The van der Waals surface area contributed by atoms with Crippen LogP contribution in [0.3, 0.4) is 0 Å². The first-order valence-corrected chi connectivity index (χ1v) is 8.00. The molecule has 1 aromatic rings. The molecule has 5 heteroatoms. The average molecular weight is 319 g/mol. The Morgan fingerprint density at radius 2 is 2.04 bits per heavy atom. The molecule has 1 aliphatic heterocycles. The van der Waals surface area contributed by atoms with Crippen molar-refractivity contribution in [1.29, 1.82) is 0 Å². The normalized spacial score (nSPS) is 19.5. The quantitative estimate of drug-likeness (QED) is 0.926. The van der Waals surface area contributed by atoms with Gasteiger partial charge in [-0.1, -0.05) is 32.9 Å². The van der Waals surface area contributed by atoms with Gasteiger partial charge in [-0.3, -0.25) is 4.79 Å². The number of aliphatic carboxylic acids is 1. The third-order valence-corrected chi connectivity index (χ3v) is 4.18. The van der Waals surface area contributed by atoms with Gasteiger partial charge in [0.1, 0.15) is 11.8 Å². The van der Waals surface area contributed by atoms with Gasteiger partial charge < -0.3 is 14.7 Å². The van der Waals surface area contributed by atoms with Crippen LogP contribution in [0.25, 0.3) is 0 Å². The first-order chi connectivity index (χ1) is 10.7. The van der Waals surface area contributed by atoms with Crippen molar-refractivity contribution in [2.45, 2.75) is 58.1 Å². The highest BCUT2D eigenvalue weighted by Crippen LogP contribution is 2.26. The molecule has 1 amide bonds. The van der Waals surface area contributed by atoms with Crippen molar-refractivity contribution in [3.8, 4) is 5.75 Å². The van der Waals surface area contributed by atoms with Crippen LogP contribution in [0.2, 0.25) is 0 Å². The summed E-state index contributed by atoms with van der Waals surface area (Å²) in [6.07, 6.45) is 0.521. The molecule has 2 rings (SSSR count). The molecule has 0 aliphatic carbocycles. The third kappa shape index (κ3) is 4.03. The molecule has 5 nitrogen and oxygen atoms in total. The Bertz CT molecular complexity index is 591. The summed E-state index contributed by atoms with van der Waals surface area (Å²) in [7, 11) is 0. The minimum atomic E-state index is -0.947. The number of carboxylic acids is 1. The number of carbonyl (C=O) groups is 2. The van der Waals surface area contributed by atoms with Gasteiger partial charge in [0, 0.05) is 6.54 Å². The summed E-state index contributed by atoms with van der Waals surface area (Å²) in [5.41, 5.74) is 1.12. The predicted octanol–water partition coefficient (Wildman–Crippen LogP) is 2.83. The van der Waals surface area contributed by atoms with Crippen molar-refractivity contribution in [1.82, 2.24) is 4.90 Å². The summed E-state index contributed by atoms with van der Waals surface area (Å²) < 4.78 is 5.77. The summed E-state index contributed by atoms with van der Waals surface area (Å²) >= 11 is 0. The Hall–Kier alpha value is -2.04. The molecule has 0 radical (unpaired) electrons. The van der Waals surface area contributed by atoms with Crippen LogP contribution in [0.15, 0.2) is 24.3 Å². The van der Waals surface area contributed by atoms with Gasteiger partial charge in [-0.15, -0.1) is 0 Å². The molecule has 1 saturated heterocycles. The van der Waals surface area contributed by atoms with Gasteiger partial charge >= 0.3 is 5.97 Å². The molecule has 0 spiro atoms. The van der Waals surface area contributed by atoms with Crippen molar-refractivity contribution in [2.75, 3.05) is 6.54 Å². The fourth-order valence-corrected chi connectivity index (χ4v) is 2.81. The van der Waals surface area contributed by atoms with E-state index in [2.05, 4.69) is 20.8 Å². The second kappa shape index (κ2) is 6.60. The predicted molar refractivity (Wildman–Crippen MR) is 87.6 cm³/mol. The number of carboxylic acid groups (broad SMARTS) is 1. The molecule has 1 N–H and O–H groups in total. The SMILES string of the molecule is CC(Oc1cccc(C(C)(C)C)c1)C(=O)N1CCCC1C(=O)O. The van der Waals surface area contributed by atoms with Crippen molar-refractivity contribution in [3.63, 3.8) is 0 Å². The molecule has 2 unspecified atom stereocenters. The molecule has 23 heavy (non-hydrogen) atoms. The van der Waals surface area contributed by atoms with Gasteiger partial charge in [-0.05, 0) is 42.9 Å². The minimum absolute atomic E-state index is 0.00400. The fraction of sp³-hybridized carbons (Fsp3) is 0.556. The summed E-state index contributed by atoms with van der Waals surface area (Å²) in [5.74, 6) is -0.585. The lowest BCUT2D eigenvalue weighted by atomic mass is 9.87. The molecular formula is C18H25NO4. The van der Waals surface area contributed by atoms with E-state index in [-0.39, 0.29) is 11.3 Å². The van der Waals surface area contributed by atoms with E-state index in [1.807, 2.05) is 24.3 Å². The van der Waals surface area contributed by atoms with E-state index in [1.165, 1.54) is 4.90 Å². The summed E-state index contributed by atoms with van der Waals surface area (Å²) in [6.45, 7) is 8.49. The van der Waals surface area contributed by atoms with Crippen molar-refractivity contribution < 1.29 is 19.4 Å².